The van der Waals surface area contributed by atoms with Gasteiger partial charge in [-0.15, -0.1) is 12.4 Å². The molecular weight excluding hydrogens is 373 g/mol. The number of anilines is 2. The molecule has 8 heteroatoms. The Balaban J connectivity index is 0.00000196. The molecule has 1 aromatic carbocycles. The van der Waals surface area contributed by atoms with Crippen LogP contribution < -0.4 is 5.32 Å². The number of hydrogen-bond acceptors (Lipinski definition) is 4. The second-order valence-electron chi connectivity index (χ2n) is 6.21. The maximum Gasteiger partial charge on any atom is 0.257 e. The summed E-state index contributed by atoms with van der Waals surface area (Å²) in [5.74, 6) is 0.628. The van der Waals surface area contributed by atoms with Gasteiger partial charge in [-0.3, -0.25) is 4.79 Å². The second-order valence-corrected chi connectivity index (χ2v) is 6.64. The van der Waals surface area contributed by atoms with Crippen LogP contribution in [-0.4, -0.2) is 38.4 Å². The Bertz CT molecular complexity index is 950. The molecule has 0 saturated carbocycles. The normalized spacial score (nSPS) is 13.7. The SMILES string of the molecule is Cl.Cn1cnc2c(Nc3cccc(Cl)c3)ncc(C(=O)N3CCCC3)c21. The number of imidazole rings is 1. The highest BCUT2D eigenvalue weighted by molar-refractivity contribution is 6.30. The molecule has 0 bridgehead atoms. The average Bonchev–Trinajstić information content (AvgIpc) is 3.25. The number of halogens is 2. The zero-order chi connectivity index (χ0) is 17.4. The summed E-state index contributed by atoms with van der Waals surface area (Å²) in [5, 5.41) is 3.88. The van der Waals surface area contributed by atoms with Gasteiger partial charge in [0.15, 0.2) is 5.82 Å². The Morgan fingerprint density at radius 1 is 1.23 bits per heavy atom. The molecule has 1 N–H and O–H groups in total. The lowest BCUT2D eigenvalue weighted by atomic mass is 10.2. The highest BCUT2D eigenvalue weighted by atomic mass is 35.5. The molecule has 4 rings (SSSR count). The maximum absolute atomic E-state index is 12.8. The Morgan fingerprint density at radius 2 is 2.00 bits per heavy atom. The Kier molecular flexibility index (Phi) is 5.34. The van der Waals surface area contributed by atoms with E-state index in [-0.39, 0.29) is 18.3 Å². The quantitative estimate of drug-likeness (QED) is 0.731. The zero-order valence-corrected chi connectivity index (χ0v) is 15.8. The Labute approximate surface area is 162 Å². The van der Waals surface area contributed by atoms with Crippen LogP contribution in [0.15, 0.2) is 36.8 Å². The van der Waals surface area contributed by atoms with Gasteiger partial charge in [-0.1, -0.05) is 17.7 Å². The van der Waals surface area contributed by atoms with E-state index in [0.29, 0.717) is 21.9 Å². The lowest BCUT2D eigenvalue weighted by molar-refractivity contribution is 0.0794. The summed E-state index contributed by atoms with van der Waals surface area (Å²) in [5.41, 5.74) is 2.88. The number of hydrogen-bond donors (Lipinski definition) is 1. The third-order valence-corrected chi connectivity index (χ3v) is 4.69. The van der Waals surface area contributed by atoms with Crippen molar-refractivity contribution >= 4 is 52.5 Å². The third kappa shape index (κ3) is 3.34. The summed E-state index contributed by atoms with van der Waals surface area (Å²) in [6.45, 7) is 1.61. The van der Waals surface area contributed by atoms with Crippen molar-refractivity contribution in [3.63, 3.8) is 0 Å². The average molecular weight is 392 g/mol. The van der Waals surface area contributed by atoms with Crippen LogP contribution in [0.25, 0.3) is 11.0 Å². The van der Waals surface area contributed by atoms with Crippen LogP contribution in [0.4, 0.5) is 11.5 Å². The number of carbonyl (C=O) groups excluding carboxylic acids is 1. The first kappa shape index (κ1) is 18.5. The predicted molar refractivity (Wildman–Crippen MR) is 106 cm³/mol. The van der Waals surface area contributed by atoms with Crippen molar-refractivity contribution in [3.05, 3.63) is 47.4 Å². The number of benzene rings is 1. The van der Waals surface area contributed by atoms with Gasteiger partial charge in [0.05, 0.1) is 17.4 Å². The van der Waals surface area contributed by atoms with E-state index in [1.807, 2.05) is 40.8 Å². The highest BCUT2D eigenvalue weighted by Gasteiger charge is 2.24. The fraction of sp³-hybridized carbons (Fsp3) is 0.278. The lowest BCUT2D eigenvalue weighted by Crippen LogP contribution is -2.28. The number of pyridine rings is 1. The largest absolute Gasteiger partial charge is 0.339 e. The van der Waals surface area contributed by atoms with Gasteiger partial charge >= 0.3 is 0 Å². The number of fused-ring (bicyclic) bond motifs is 1. The molecule has 0 atom stereocenters. The predicted octanol–water partition coefficient (Wildman–Crippen LogP) is 4.02. The van der Waals surface area contributed by atoms with E-state index < -0.39 is 0 Å². The molecule has 1 saturated heterocycles. The minimum absolute atomic E-state index is 0. The minimum Gasteiger partial charge on any atom is -0.339 e. The molecule has 26 heavy (non-hydrogen) atoms. The van der Waals surface area contributed by atoms with E-state index >= 15 is 0 Å². The summed E-state index contributed by atoms with van der Waals surface area (Å²) >= 11 is 6.04. The molecule has 3 aromatic rings. The van der Waals surface area contributed by atoms with Gasteiger partial charge in [0.2, 0.25) is 0 Å². The monoisotopic (exact) mass is 391 g/mol. The number of aromatic nitrogens is 3. The molecule has 1 aliphatic heterocycles. The van der Waals surface area contributed by atoms with Gasteiger partial charge in [0, 0.05) is 37.0 Å². The van der Waals surface area contributed by atoms with Gasteiger partial charge in [0.25, 0.3) is 5.91 Å². The van der Waals surface area contributed by atoms with Crippen molar-refractivity contribution in [2.24, 2.45) is 7.05 Å². The summed E-state index contributed by atoms with van der Waals surface area (Å²) in [4.78, 5) is 23.6. The van der Waals surface area contributed by atoms with E-state index in [1.54, 1.807) is 12.5 Å². The van der Waals surface area contributed by atoms with Crippen LogP contribution in [0.5, 0.6) is 0 Å². The number of rotatable bonds is 3. The molecule has 1 fully saturated rings. The fourth-order valence-electron chi connectivity index (χ4n) is 3.21. The van der Waals surface area contributed by atoms with Crippen LogP contribution in [0.3, 0.4) is 0 Å². The summed E-state index contributed by atoms with van der Waals surface area (Å²) in [7, 11) is 1.89. The van der Waals surface area contributed by atoms with Crippen LogP contribution in [0, 0.1) is 0 Å². The molecule has 1 amide bonds. The van der Waals surface area contributed by atoms with Gasteiger partial charge in [0.1, 0.15) is 5.52 Å². The number of carbonyl (C=O) groups is 1. The molecule has 0 aliphatic carbocycles. The summed E-state index contributed by atoms with van der Waals surface area (Å²) in [6.07, 6.45) is 5.46. The van der Waals surface area contributed by atoms with Crippen molar-refractivity contribution in [1.82, 2.24) is 19.4 Å². The Morgan fingerprint density at radius 3 is 2.73 bits per heavy atom. The number of aryl methyl sites for hydroxylation is 1. The van der Waals surface area contributed by atoms with Gasteiger partial charge in [-0.05, 0) is 31.0 Å². The van der Waals surface area contributed by atoms with Gasteiger partial charge < -0.3 is 14.8 Å². The second kappa shape index (κ2) is 7.51. The molecule has 2 aromatic heterocycles. The van der Waals surface area contributed by atoms with Crippen molar-refractivity contribution in [3.8, 4) is 0 Å². The number of amides is 1. The maximum atomic E-state index is 12.8. The fourth-order valence-corrected chi connectivity index (χ4v) is 3.40. The van der Waals surface area contributed by atoms with Crippen molar-refractivity contribution in [1.29, 1.82) is 0 Å². The third-order valence-electron chi connectivity index (χ3n) is 4.45. The summed E-state index contributed by atoms with van der Waals surface area (Å²) < 4.78 is 1.86. The molecule has 0 radical (unpaired) electrons. The van der Waals surface area contributed by atoms with E-state index in [0.717, 1.165) is 37.1 Å². The number of nitrogens with zero attached hydrogens (tertiary/aromatic N) is 4. The number of likely N-dealkylation sites (tertiary alicyclic amines) is 1. The van der Waals surface area contributed by atoms with Gasteiger partial charge in [-0.25, -0.2) is 9.97 Å². The van der Waals surface area contributed by atoms with Crippen molar-refractivity contribution in [2.45, 2.75) is 12.8 Å². The van der Waals surface area contributed by atoms with Crippen molar-refractivity contribution < 1.29 is 4.79 Å². The van der Waals surface area contributed by atoms with Crippen LogP contribution >= 0.6 is 24.0 Å². The minimum atomic E-state index is 0. The zero-order valence-electron chi connectivity index (χ0n) is 14.3. The Hall–Kier alpha value is -2.31. The molecule has 6 nitrogen and oxygen atoms in total. The van der Waals surface area contributed by atoms with E-state index in [9.17, 15) is 4.79 Å². The van der Waals surface area contributed by atoms with Gasteiger partial charge in [-0.2, -0.15) is 0 Å². The first-order chi connectivity index (χ1) is 12.1. The van der Waals surface area contributed by atoms with E-state index in [1.165, 1.54) is 0 Å². The highest BCUT2D eigenvalue weighted by Crippen LogP contribution is 2.28. The number of nitrogens with one attached hydrogen (secondary N) is 1. The molecule has 0 spiro atoms. The topological polar surface area (TPSA) is 63.1 Å². The van der Waals surface area contributed by atoms with Crippen molar-refractivity contribution in [2.75, 3.05) is 18.4 Å². The first-order valence-electron chi connectivity index (χ1n) is 8.25. The molecule has 0 unspecified atom stereocenters. The van der Waals surface area contributed by atoms with E-state index in [2.05, 4.69) is 15.3 Å². The van der Waals surface area contributed by atoms with E-state index in [4.69, 9.17) is 11.6 Å². The standard InChI is InChI=1S/C18H18ClN5O.ClH/c1-23-11-21-15-16(23)14(18(25)24-7-2-3-8-24)10-20-17(15)22-13-6-4-5-12(19)9-13;/h4-6,9-11H,2-3,7-8H2,1H3,(H,20,22);1H. The first-order valence-corrected chi connectivity index (χ1v) is 8.63. The lowest BCUT2D eigenvalue weighted by Gasteiger charge is -2.16. The molecule has 136 valence electrons. The van der Waals surface area contributed by atoms with Crippen LogP contribution in [-0.2, 0) is 7.05 Å². The smallest absolute Gasteiger partial charge is 0.257 e. The summed E-state index contributed by atoms with van der Waals surface area (Å²) in [6, 6.07) is 7.41. The molecule has 1 aliphatic rings. The molecular formula is C18H19Cl2N5O. The van der Waals surface area contributed by atoms with Crippen LogP contribution in [0.1, 0.15) is 23.2 Å². The molecule has 3 heterocycles. The van der Waals surface area contributed by atoms with Crippen LogP contribution in [0.2, 0.25) is 5.02 Å².